The van der Waals surface area contributed by atoms with Crippen molar-refractivity contribution < 1.29 is 17.6 Å². The van der Waals surface area contributed by atoms with Crippen molar-refractivity contribution in [3.63, 3.8) is 0 Å². The van der Waals surface area contributed by atoms with Gasteiger partial charge in [-0.2, -0.15) is 10.3 Å². The first-order valence-corrected chi connectivity index (χ1v) is 9.92. The zero-order valence-corrected chi connectivity index (χ0v) is 14.4. The minimum absolute atomic E-state index is 0.00135. The Hall–Kier alpha value is -1.92. The molecule has 126 valence electrons. The monoisotopic (exact) mass is 367 g/mol. The predicted molar refractivity (Wildman–Crippen MR) is 90.1 cm³/mol. The maximum atomic E-state index is 13.9. The smallest absolute Gasteiger partial charge is 0.262 e. The van der Waals surface area contributed by atoms with E-state index in [-0.39, 0.29) is 23.2 Å². The quantitative estimate of drug-likeness (QED) is 0.789. The molecule has 1 aromatic carbocycles. The first-order chi connectivity index (χ1) is 11.3. The second-order valence-corrected chi connectivity index (χ2v) is 9.09. The van der Waals surface area contributed by atoms with E-state index in [0.29, 0.717) is 16.4 Å². The second-order valence-electron chi connectivity index (χ2n) is 5.73. The molecule has 24 heavy (non-hydrogen) atoms. The third-order valence-corrected chi connectivity index (χ3v) is 7.16. The van der Waals surface area contributed by atoms with Gasteiger partial charge in [0.05, 0.1) is 23.6 Å². The number of benzene rings is 1. The molecule has 2 heterocycles. The molecule has 0 N–H and O–H groups in total. The van der Waals surface area contributed by atoms with Gasteiger partial charge in [-0.05, 0) is 24.6 Å². The van der Waals surface area contributed by atoms with Crippen LogP contribution in [0.2, 0.25) is 0 Å². The normalized spacial score (nSPS) is 26.4. The Balaban J connectivity index is 2.03. The predicted octanol–water partition coefficient (Wildman–Crippen LogP) is 1.65. The summed E-state index contributed by atoms with van der Waals surface area (Å²) >= 11 is 1.19. The van der Waals surface area contributed by atoms with Gasteiger partial charge in [-0.1, -0.05) is 17.8 Å². The lowest BCUT2D eigenvalue weighted by atomic mass is 10.1. The fourth-order valence-electron chi connectivity index (χ4n) is 2.81. The number of hydrogen-bond donors (Lipinski definition) is 0. The number of nitrogens with zero attached hydrogens (tertiary/aromatic N) is 3. The molecule has 1 amide bonds. The minimum Gasteiger partial charge on any atom is -0.315 e. The van der Waals surface area contributed by atoms with E-state index in [2.05, 4.69) is 4.99 Å². The molecular weight excluding hydrogens is 353 g/mol. The van der Waals surface area contributed by atoms with E-state index >= 15 is 0 Å². The number of nitriles is 1. The zero-order chi connectivity index (χ0) is 17.5. The van der Waals surface area contributed by atoms with Crippen LogP contribution in [-0.2, 0) is 14.6 Å². The summed E-state index contributed by atoms with van der Waals surface area (Å²) in [6.07, 6.45) is -0.353. The van der Waals surface area contributed by atoms with Crippen LogP contribution in [0, 0.1) is 24.1 Å². The van der Waals surface area contributed by atoms with Gasteiger partial charge < -0.3 is 4.90 Å². The highest BCUT2D eigenvalue weighted by Crippen LogP contribution is 2.41. The minimum atomic E-state index is -3.18. The molecule has 2 fully saturated rings. The van der Waals surface area contributed by atoms with Crippen LogP contribution in [0.4, 0.5) is 10.1 Å². The van der Waals surface area contributed by atoms with Gasteiger partial charge >= 0.3 is 0 Å². The number of halogens is 1. The van der Waals surface area contributed by atoms with Crippen molar-refractivity contribution >= 4 is 38.4 Å². The molecule has 0 aliphatic carbocycles. The average molecular weight is 367 g/mol. The maximum Gasteiger partial charge on any atom is 0.262 e. The molecule has 0 saturated carbocycles. The number of anilines is 1. The first-order valence-electron chi connectivity index (χ1n) is 7.21. The van der Waals surface area contributed by atoms with E-state index in [9.17, 15) is 17.6 Å². The molecule has 0 spiro atoms. The number of aryl methyl sites for hydroxylation is 1. The van der Waals surface area contributed by atoms with Crippen molar-refractivity contribution in [2.75, 3.05) is 16.4 Å². The molecule has 0 radical (unpaired) electrons. The summed E-state index contributed by atoms with van der Waals surface area (Å²) in [4.78, 5) is 17.2. The molecule has 2 atom stereocenters. The summed E-state index contributed by atoms with van der Waals surface area (Å²) in [5, 5.41) is 8.67. The summed E-state index contributed by atoms with van der Waals surface area (Å²) in [7, 11) is -3.18. The molecule has 9 heteroatoms. The standard InChI is InChI=1S/C15H14FN3O3S2/c1-9-2-3-10(6-11(9)16)19-12-7-24(21,22)8-13(12)23-15(19)18-14(20)4-5-17/h2-3,6,12-13H,4,7-8H2,1H3/t12-,13+/m1/s1. The van der Waals surface area contributed by atoms with Gasteiger partial charge in [0.15, 0.2) is 15.0 Å². The number of carbonyl (C=O) groups excluding carboxylic acids is 1. The number of amidine groups is 1. The molecule has 6 nitrogen and oxygen atoms in total. The summed E-state index contributed by atoms with van der Waals surface area (Å²) in [5.74, 6) is -1.07. The molecule has 1 aromatic rings. The first kappa shape index (κ1) is 16.9. The number of carbonyl (C=O) groups is 1. The van der Waals surface area contributed by atoms with Crippen LogP contribution in [0.15, 0.2) is 23.2 Å². The molecular formula is C15H14FN3O3S2. The SMILES string of the molecule is Cc1ccc(N2C(=NC(=O)CC#N)S[C@H]3CS(=O)(=O)C[C@H]32)cc1F. The topological polar surface area (TPSA) is 90.6 Å². The Morgan fingerprint density at radius 1 is 1.50 bits per heavy atom. The van der Waals surface area contributed by atoms with Crippen LogP contribution in [0.3, 0.4) is 0 Å². The average Bonchev–Trinajstić information content (AvgIpc) is 2.93. The number of fused-ring (bicyclic) bond motifs is 1. The molecule has 0 bridgehead atoms. The zero-order valence-electron chi connectivity index (χ0n) is 12.8. The summed E-state index contributed by atoms with van der Waals surface area (Å²) in [6, 6.07) is 5.93. The molecule has 0 aromatic heterocycles. The number of aliphatic imine (C=N–C) groups is 1. The lowest BCUT2D eigenvalue weighted by Crippen LogP contribution is -2.37. The fraction of sp³-hybridized carbons (Fsp3) is 0.400. The van der Waals surface area contributed by atoms with Gasteiger partial charge in [-0.3, -0.25) is 4.79 Å². The highest BCUT2D eigenvalue weighted by atomic mass is 32.2. The third kappa shape index (κ3) is 3.16. The maximum absolute atomic E-state index is 13.9. The second kappa shape index (κ2) is 6.18. The number of thioether (sulfide) groups is 1. The Labute approximate surface area is 143 Å². The van der Waals surface area contributed by atoms with Crippen LogP contribution in [-0.4, -0.2) is 42.3 Å². The lowest BCUT2D eigenvalue weighted by Gasteiger charge is -2.24. The molecule has 3 rings (SSSR count). The van der Waals surface area contributed by atoms with Crippen molar-refractivity contribution in [1.29, 1.82) is 5.26 Å². The van der Waals surface area contributed by atoms with Gasteiger partial charge in [0.25, 0.3) is 5.91 Å². The van der Waals surface area contributed by atoms with Crippen molar-refractivity contribution in [3.05, 3.63) is 29.6 Å². The van der Waals surface area contributed by atoms with E-state index in [1.54, 1.807) is 30.0 Å². The largest absolute Gasteiger partial charge is 0.315 e. The Kier molecular flexibility index (Phi) is 4.36. The van der Waals surface area contributed by atoms with Gasteiger partial charge in [-0.15, -0.1) is 0 Å². The van der Waals surface area contributed by atoms with Crippen molar-refractivity contribution in [2.24, 2.45) is 4.99 Å². The van der Waals surface area contributed by atoms with Crippen molar-refractivity contribution in [3.8, 4) is 6.07 Å². The van der Waals surface area contributed by atoms with Crippen molar-refractivity contribution in [1.82, 2.24) is 0 Å². The molecule has 2 aliphatic rings. The molecule has 0 unspecified atom stereocenters. The third-order valence-electron chi connectivity index (χ3n) is 3.95. The lowest BCUT2D eigenvalue weighted by molar-refractivity contribution is -0.116. The van der Waals surface area contributed by atoms with E-state index in [1.807, 2.05) is 0 Å². The van der Waals surface area contributed by atoms with E-state index in [1.165, 1.54) is 17.8 Å². The molecule has 2 aliphatic heterocycles. The summed E-state index contributed by atoms with van der Waals surface area (Å²) in [6.45, 7) is 1.63. The Morgan fingerprint density at radius 2 is 2.25 bits per heavy atom. The van der Waals surface area contributed by atoms with Crippen LogP contribution in [0.5, 0.6) is 0 Å². The van der Waals surface area contributed by atoms with Crippen molar-refractivity contribution in [2.45, 2.75) is 24.6 Å². The van der Waals surface area contributed by atoms with Crippen LogP contribution >= 0.6 is 11.8 Å². The fourth-order valence-corrected chi connectivity index (χ4v) is 6.74. The number of rotatable bonds is 2. The molecule has 2 saturated heterocycles. The Bertz CT molecular complexity index is 876. The Morgan fingerprint density at radius 3 is 2.92 bits per heavy atom. The van der Waals surface area contributed by atoms with Crippen LogP contribution in [0.25, 0.3) is 0 Å². The summed E-state index contributed by atoms with van der Waals surface area (Å²) in [5.41, 5.74) is 0.930. The van der Waals surface area contributed by atoms with Gasteiger partial charge in [0.1, 0.15) is 12.2 Å². The summed E-state index contributed by atoms with van der Waals surface area (Å²) < 4.78 is 37.8. The number of amides is 1. The van der Waals surface area contributed by atoms with E-state index in [0.717, 1.165) is 0 Å². The number of hydrogen-bond acceptors (Lipinski definition) is 5. The van der Waals surface area contributed by atoms with Gasteiger partial charge in [0, 0.05) is 10.9 Å². The van der Waals surface area contributed by atoms with Crippen LogP contribution < -0.4 is 4.90 Å². The van der Waals surface area contributed by atoms with E-state index < -0.39 is 27.6 Å². The van der Waals surface area contributed by atoms with Gasteiger partial charge in [-0.25, -0.2) is 12.8 Å². The highest BCUT2D eigenvalue weighted by Gasteiger charge is 2.49. The highest BCUT2D eigenvalue weighted by molar-refractivity contribution is 8.16. The van der Waals surface area contributed by atoms with Crippen LogP contribution in [0.1, 0.15) is 12.0 Å². The van der Waals surface area contributed by atoms with E-state index in [4.69, 9.17) is 5.26 Å². The van der Waals surface area contributed by atoms with Gasteiger partial charge in [0.2, 0.25) is 0 Å². The number of sulfone groups is 1.